The molecule has 1 aliphatic rings. The summed E-state index contributed by atoms with van der Waals surface area (Å²) in [4.78, 5) is 13.3. The van der Waals surface area contributed by atoms with E-state index in [0.717, 1.165) is 6.42 Å². The molecule has 4 nitrogen and oxygen atoms in total. The first-order valence-electron chi connectivity index (χ1n) is 6.05. The molecule has 1 aliphatic heterocycles. The van der Waals surface area contributed by atoms with Gasteiger partial charge < -0.3 is 14.4 Å². The molecule has 0 saturated carbocycles. The van der Waals surface area contributed by atoms with E-state index in [2.05, 4.69) is 0 Å². The van der Waals surface area contributed by atoms with Crippen LogP contribution in [0.3, 0.4) is 0 Å². The summed E-state index contributed by atoms with van der Waals surface area (Å²) >= 11 is 0. The number of nitrogens with zero attached hydrogens (tertiary/aromatic N) is 1. The van der Waals surface area contributed by atoms with Gasteiger partial charge in [-0.1, -0.05) is 0 Å². The highest BCUT2D eigenvalue weighted by Gasteiger charge is 2.34. The summed E-state index contributed by atoms with van der Waals surface area (Å²) in [5.41, 5.74) is 0. The van der Waals surface area contributed by atoms with Gasteiger partial charge in [0.2, 0.25) is 5.91 Å². The molecule has 0 radical (unpaired) electrons. The Balaban J connectivity index is 2.50. The highest BCUT2D eigenvalue weighted by molar-refractivity contribution is 5.74. The molecule has 1 rings (SSSR count). The van der Waals surface area contributed by atoms with Crippen LogP contribution in [0.4, 0.5) is 0 Å². The third kappa shape index (κ3) is 3.76. The van der Waals surface area contributed by atoms with Crippen LogP contribution >= 0.6 is 0 Å². The summed E-state index contributed by atoms with van der Waals surface area (Å²) in [5.74, 6) is 0.111. The van der Waals surface area contributed by atoms with Crippen molar-refractivity contribution < 1.29 is 14.3 Å². The number of carbonyl (C=O) groups is 1. The van der Waals surface area contributed by atoms with Gasteiger partial charge in [-0.2, -0.15) is 0 Å². The predicted octanol–water partition coefficient (Wildman–Crippen LogP) is 1.44. The van der Waals surface area contributed by atoms with E-state index in [1.807, 2.05) is 25.7 Å². The van der Waals surface area contributed by atoms with Crippen LogP contribution in [0, 0.1) is 0 Å². The lowest BCUT2D eigenvalue weighted by Crippen LogP contribution is -2.37. The van der Waals surface area contributed by atoms with Crippen LogP contribution in [0.5, 0.6) is 0 Å². The van der Waals surface area contributed by atoms with Gasteiger partial charge in [0.05, 0.1) is 24.9 Å². The van der Waals surface area contributed by atoms with Crippen molar-refractivity contribution in [3.8, 4) is 0 Å². The van der Waals surface area contributed by atoms with Gasteiger partial charge in [0, 0.05) is 20.1 Å². The summed E-state index contributed by atoms with van der Waals surface area (Å²) in [6, 6.07) is 0.182. The van der Waals surface area contributed by atoms with E-state index < -0.39 is 0 Å². The van der Waals surface area contributed by atoms with Crippen molar-refractivity contribution >= 4 is 5.91 Å². The maximum absolute atomic E-state index is 11.5. The summed E-state index contributed by atoms with van der Waals surface area (Å²) in [6.45, 7) is 9.63. The summed E-state index contributed by atoms with van der Waals surface area (Å²) in [6.07, 6.45) is 1.26. The number of hydrogen-bond acceptors (Lipinski definition) is 3. The Labute approximate surface area is 97.9 Å². The Morgan fingerprint density at radius 2 is 2.19 bits per heavy atom. The minimum atomic E-state index is 0.111. The second kappa shape index (κ2) is 6.21. The van der Waals surface area contributed by atoms with E-state index in [-0.39, 0.29) is 24.2 Å². The van der Waals surface area contributed by atoms with Gasteiger partial charge in [0.25, 0.3) is 0 Å². The highest BCUT2D eigenvalue weighted by atomic mass is 16.5. The molecule has 0 spiro atoms. The summed E-state index contributed by atoms with van der Waals surface area (Å²) in [5, 5.41) is 0. The van der Waals surface area contributed by atoms with E-state index in [1.165, 1.54) is 0 Å². The molecule has 1 heterocycles. The topological polar surface area (TPSA) is 38.8 Å². The van der Waals surface area contributed by atoms with Crippen LogP contribution < -0.4 is 0 Å². The lowest BCUT2D eigenvalue weighted by Gasteiger charge is -2.22. The first-order valence-corrected chi connectivity index (χ1v) is 6.05. The smallest absolute Gasteiger partial charge is 0.219 e. The third-order valence-electron chi connectivity index (χ3n) is 2.76. The Hall–Kier alpha value is -0.610. The average Bonchev–Trinajstić information content (AvgIpc) is 2.57. The van der Waals surface area contributed by atoms with E-state index in [9.17, 15) is 4.79 Å². The summed E-state index contributed by atoms with van der Waals surface area (Å²) in [7, 11) is 0. The zero-order chi connectivity index (χ0) is 12.1. The Morgan fingerprint density at radius 3 is 2.69 bits per heavy atom. The Bertz CT molecular complexity index is 230. The molecule has 16 heavy (non-hydrogen) atoms. The van der Waals surface area contributed by atoms with E-state index in [1.54, 1.807) is 6.92 Å². The molecule has 94 valence electrons. The Kier molecular flexibility index (Phi) is 5.22. The molecular weight excluding hydrogens is 206 g/mol. The minimum absolute atomic E-state index is 0.111. The van der Waals surface area contributed by atoms with Crippen molar-refractivity contribution in [2.75, 3.05) is 19.8 Å². The second-order valence-corrected chi connectivity index (χ2v) is 4.53. The lowest BCUT2D eigenvalue weighted by molar-refractivity contribution is -0.131. The molecule has 0 N–H and O–H groups in total. The van der Waals surface area contributed by atoms with Crippen molar-refractivity contribution in [1.82, 2.24) is 4.90 Å². The number of rotatable bonds is 5. The van der Waals surface area contributed by atoms with Crippen LogP contribution in [-0.4, -0.2) is 48.8 Å². The molecule has 1 saturated heterocycles. The Morgan fingerprint density at radius 1 is 1.50 bits per heavy atom. The van der Waals surface area contributed by atoms with E-state index in [4.69, 9.17) is 9.47 Å². The quantitative estimate of drug-likeness (QED) is 0.716. The molecule has 0 aliphatic carbocycles. The van der Waals surface area contributed by atoms with Gasteiger partial charge >= 0.3 is 0 Å². The third-order valence-corrected chi connectivity index (χ3v) is 2.76. The van der Waals surface area contributed by atoms with Gasteiger partial charge in [-0.25, -0.2) is 0 Å². The van der Waals surface area contributed by atoms with Crippen LogP contribution in [0.2, 0.25) is 0 Å². The fraction of sp³-hybridized carbons (Fsp3) is 0.917. The SMILES string of the molecule is CCOC[C@@H]1C[C@@H](OC(C)C)CN1C(C)=O. The molecular formula is C12H23NO3. The first-order chi connectivity index (χ1) is 7.54. The molecule has 2 atom stereocenters. The van der Waals surface area contributed by atoms with Crippen molar-refractivity contribution in [1.29, 1.82) is 0 Å². The van der Waals surface area contributed by atoms with E-state index in [0.29, 0.717) is 19.8 Å². The number of amides is 1. The van der Waals surface area contributed by atoms with Crippen LogP contribution in [0.25, 0.3) is 0 Å². The predicted molar refractivity (Wildman–Crippen MR) is 62.3 cm³/mol. The molecule has 0 bridgehead atoms. The van der Waals surface area contributed by atoms with Crippen LogP contribution in [0.1, 0.15) is 34.1 Å². The molecule has 0 aromatic carbocycles. The van der Waals surface area contributed by atoms with E-state index >= 15 is 0 Å². The highest BCUT2D eigenvalue weighted by Crippen LogP contribution is 2.21. The fourth-order valence-corrected chi connectivity index (χ4v) is 2.15. The number of ether oxygens (including phenoxy) is 2. The molecule has 4 heteroatoms. The van der Waals surface area contributed by atoms with Crippen molar-refractivity contribution in [3.63, 3.8) is 0 Å². The van der Waals surface area contributed by atoms with Gasteiger partial charge in [-0.3, -0.25) is 4.79 Å². The van der Waals surface area contributed by atoms with Gasteiger partial charge in [-0.15, -0.1) is 0 Å². The lowest BCUT2D eigenvalue weighted by atomic mass is 10.2. The average molecular weight is 229 g/mol. The molecule has 1 fully saturated rings. The number of likely N-dealkylation sites (tertiary alicyclic amines) is 1. The van der Waals surface area contributed by atoms with Crippen molar-refractivity contribution in [2.24, 2.45) is 0 Å². The largest absolute Gasteiger partial charge is 0.380 e. The zero-order valence-corrected chi connectivity index (χ0v) is 10.7. The maximum Gasteiger partial charge on any atom is 0.219 e. The first kappa shape index (κ1) is 13.5. The standard InChI is InChI=1S/C12H23NO3/c1-5-15-8-11-6-12(16-9(2)3)7-13(11)10(4)14/h9,11-12H,5-8H2,1-4H3/t11-,12+/m0/s1. The monoisotopic (exact) mass is 229 g/mol. The maximum atomic E-state index is 11.5. The van der Waals surface area contributed by atoms with Gasteiger partial charge in [0.1, 0.15) is 0 Å². The molecule has 0 aromatic rings. The summed E-state index contributed by atoms with van der Waals surface area (Å²) < 4.78 is 11.2. The molecule has 0 unspecified atom stereocenters. The van der Waals surface area contributed by atoms with Gasteiger partial charge in [0.15, 0.2) is 0 Å². The fourth-order valence-electron chi connectivity index (χ4n) is 2.15. The number of carbonyl (C=O) groups excluding carboxylic acids is 1. The van der Waals surface area contributed by atoms with Crippen molar-refractivity contribution in [3.05, 3.63) is 0 Å². The van der Waals surface area contributed by atoms with Crippen LogP contribution in [-0.2, 0) is 14.3 Å². The molecule has 0 aromatic heterocycles. The normalized spacial score (nSPS) is 25.4. The number of hydrogen-bond donors (Lipinski definition) is 0. The van der Waals surface area contributed by atoms with Gasteiger partial charge in [-0.05, 0) is 27.2 Å². The minimum Gasteiger partial charge on any atom is -0.380 e. The molecule has 1 amide bonds. The second-order valence-electron chi connectivity index (χ2n) is 4.53. The van der Waals surface area contributed by atoms with Crippen molar-refractivity contribution in [2.45, 2.75) is 52.4 Å². The zero-order valence-electron chi connectivity index (χ0n) is 10.7. The van der Waals surface area contributed by atoms with Crippen LogP contribution in [0.15, 0.2) is 0 Å².